The highest BCUT2D eigenvalue weighted by molar-refractivity contribution is 5.94. The fourth-order valence-corrected chi connectivity index (χ4v) is 6.11. The standard InChI is InChI=1S/C21H23N7O3/c1-12-19-16-6-14(22-8-13-2-3-17(23-9-13)27-11-24-25-26-27)4-5-21(16,19)20(30)28(12)15-7-18(29)31-10-15/h2-3,7,9,11-12,14,16,19,22H,4-6,8,10H2,1H3/t12-,14+,16?,19?,21-/m1/s1. The van der Waals surface area contributed by atoms with Crippen LogP contribution in [0.3, 0.4) is 0 Å². The van der Waals surface area contributed by atoms with Gasteiger partial charge in [-0.2, -0.15) is 4.68 Å². The Kier molecular flexibility index (Phi) is 4.01. The summed E-state index contributed by atoms with van der Waals surface area (Å²) in [6.45, 7) is 3.06. The smallest absolute Gasteiger partial charge is 0.333 e. The summed E-state index contributed by atoms with van der Waals surface area (Å²) in [4.78, 5) is 31.0. The molecular formula is C21H23N7O3. The van der Waals surface area contributed by atoms with Gasteiger partial charge in [0.25, 0.3) is 0 Å². The van der Waals surface area contributed by atoms with Crippen molar-refractivity contribution >= 4 is 11.9 Å². The lowest BCUT2D eigenvalue weighted by atomic mass is 9.84. The number of rotatable bonds is 5. The number of aromatic nitrogens is 5. The number of hydrogen-bond acceptors (Lipinski definition) is 8. The molecule has 6 rings (SSSR count). The SMILES string of the molecule is C[C@@H]1C2C3C[C@@H](NCc4ccc(-n5cnnn5)nc4)CC[C@@]32C(=O)N1C1=CC(=O)OC1. The van der Waals surface area contributed by atoms with Crippen molar-refractivity contribution in [2.75, 3.05) is 6.61 Å². The predicted octanol–water partition coefficient (Wildman–Crippen LogP) is 0.603. The molecule has 2 aliphatic carbocycles. The third kappa shape index (κ3) is 2.74. The molecule has 31 heavy (non-hydrogen) atoms. The van der Waals surface area contributed by atoms with Crippen LogP contribution in [-0.4, -0.2) is 60.7 Å². The molecular weight excluding hydrogens is 398 g/mol. The summed E-state index contributed by atoms with van der Waals surface area (Å²) in [6.07, 6.45) is 7.71. The Morgan fingerprint density at radius 3 is 2.94 bits per heavy atom. The second-order valence-corrected chi connectivity index (χ2v) is 8.96. The Morgan fingerprint density at radius 1 is 1.32 bits per heavy atom. The van der Waals surface area contributed by atoms with Crippen LogP contribution in [0.5, 0.6) is 0 Å². The van der Waals surface area contributed by atoms with E-state index in [1.807, 2.05) is 23.2 Å². The summed E-state index contributed by atoms with van der Waals surface area (Å²) >= 11 is 0. The fourth-order valence-electron chi connectivity index (χ4n) is 6.11. The topological polar surface area (TPSA) is 115 Å². The number of esters is 1. The Hall–Kier alpha value is -3.14. The fraction of sp³-hybridized carbons (Fsp3) is 0.524. The van der Waals surface area contributed by atoms with Gasteiger partial charge >= 0.3 is 5.97 Å². The lowest BCUT2D eigenvalue weighted by Crippen LogP contribution is -2.42. The highest BCUT2D eigenvalue weighted by Gasteiger charge is 2.77. The van der Waals surface area contributed by atoms with Crippen molar-refractivity contribution in [1.82, 2.24) is 35.4 Å². The third-order valence-corrected chi connectivity index (χ3v) is 7.51. The number of carbonyl (C=O) groups excluding carboxylic acids is 2. The van der Waals surface area contributed by atoms with E-state index < -0.39 is 0 Å². The zero-order chi connectivity index (χ0) is 21.2. The Balaban J connectivity index is 1.08. The average molecular weight is 421 g/mol. The summed E-state index contributed by atoms with van der Waals surface area (Å²) in [6, 6.07) is 4.44. The van der Waals surface area contributed by atoms with E-state index in [0.717, 1.165) is 37.1 Å². The number of amides is 1. The highest BCUT2D eigenvalue weighted by Crippen LogP contribution is 2.72. The first-order chi connectivity index (χ1) is 15.1. The second kappa shape index (κ2) is 6.68. The Bertz CT molecular complexity index is 1070. The molecule has 160 valence electrons. The number of nitrogens with zero attached hydrogens (tertiary/aromatic N) is 6. The van der Waals surface area contributed by atoms with E-state index in [1.165, 1.54) is 17.1 Å². The van der Waals surface area contributed by atoms with Crippen molar-refractivity contribution in [1.29, 1.82) is 0 Å². The van der Waals surface area contributed by atoms with Gasteiger partial charge in [0.1, 0.15) is 12.9 Å². The van der Waals surface area contributed by atoms with Crippen molar-refractivity contribution in [3.05, 3.63) is 42.0 Å². The van der Waals surface area contributed by atoms with Gasteiger partial charge in [-0.3, -0.25) is 4.79 Å². The predicted molar refractivity (Wildman–Crippen MR) is 106 cm³/mol. The van der Waals surface area contributed by atoms with Crippen molar-refractivity contribution in [2.24, 2.45) is 17.3 Å². The van der Waals surface area contributed by atoms with Crippen molar-refractivity contribution in [3.8, 4) is 5.82 Å². The first kappa shape index (κ1) is 18.6. The molecule has 1 N–H and O–H groups in total. The molecule has 2 aromatic rings. The maximum atomic E-state index is 13.3. The molecule has 1 spiro atoms. The average Bonchev–Trinajstić information content (AvgIpc) is 3.14. The number of fused-ring (bicyclic) bond motifs is 1. The van der Waals surface area contributed by atoms with Crippen LogP contribution in [0, 0.1) is 17.3 Å². The largest absolute Gasteiger partial charge is 0.456 e. The molecule has 10 heteroatoms. The summed E-state index contributed by atoms with van der Waals surface area (Å²) < 4.78 is 6.55. The van der Waals surface area contributed by atoms with E-state index in [4.69, 9.17) is 4.74 Å². The molecule has 10 nitrogen and oxygen atoms in total. The molecule has 3 fully saturated rings. The van der Waals surface area contributed by atoms with Gasteiger partial charge in [0, 0.05) is 30.9 Å². The monoisotopic (exact) mass is 421 g/mol. The number of piperidine rings is 1. The van der Waals surface area contributed by atoms with Gasteiger partial charge < -0.3 is 15.0 Å². The summed E-state index contributed by atoms with van der Waals surface area (Å²) in [5.74, 6) is 1.33. The van der Waals surface area contributed by atoms with Gasteiger partial charge in [-0.05, 0) is 60.1 Å². The van der Waals surface area contributed by atoms with Crippen LogP contribution < -0.4 is 5.32 Å². The van der Waals surface area contributed by atoms with Crippen LogP contribution >= 0.6 is 0 Å². The van der Waals surface area contributed by atoms with Crippen LogP contribution in [0.25, 0.3) is 5.82 Å². The lowest BCUT2D eigenvalue weighted by molar-refractivity contribution is -0.137. The van der Waals surface area contributed by atoms with E-state index in [-0.39, 0.29) is 29.9 Å². The van der Waals surface area contributed by atoms with Crippen molar-refractivity contribution < 1.29 is 14.3 Å². The van der Waals surface area contributed by atoms with Crippen LogP contribution in [-0.2, 0) is 20.9 Å². The molecule has 2 saturated carbocycles. The van der Waals surface area contributed by atoms with Crippen molar-refractivity contribution in [3.63, 3.8) is 0 Å². The minimum Gasteiger partial charge on any atom is -0.456 e. The van der Waals surface area contributed by atoms with E-state index in [9.17, 15) is 9.59 Å². The number of nitrogens with one attached hydrogen (secondary N) is 1. The minimum absolute atomic E-state index is 0.125. The van der Waals surface area contributed by atoms with Gasteiger partial charge in [-0.25, -0.2) is 9.78 Å². The van der Waals surface area contributed by atoms with E-state index in [0.29, 0.717) is 23.7 Å². The number of cyclic esters (lactones) is 1. The van der Waals surface area contributed by atoms with Crippen LogP contribution in [0.15, 0.2) is 36.4 Å². The molecule has 4 heterocycles. The summed E-state index contributed by atoms with van der Waals surface area (Å²) in [7, 11) is 0. The molecule has 2 aliphatic heterocycles. The van der Waals surface area contributed by atoms with E-state index in [2.05, 4.69) is 32.7 Å². The molecule has 0 radical (unpaired) electrons. The highest BCUT2D eigenvalue weighted by atomic mass is 16.5. The molecule has 0 aromatic carbocycles. The summed E-state index contributed by atoms with van der Waals surface area (Å²) in [5, 5.41) is 14.7. The van der Waals surface area contributed by atoms with Gasteiger partial charge in [-0.15, -0.1) is 5.10 Å². The first-order valence-corrected chi connectivity index (χ1v) is 10.7. The molecule has 2 aromatic heterocycles. The maximum Gasteiger partial charge on any atom is 0.333 e. The van der Waals surface area contributed by atoms with Crippen LogP contribution in [0.4, 0.5) is 0 Å². The van der Waals surface area contributed by atoms with Gasteiger partial charge in [0.2, 0.25) is 5.91 Å². The minimum atomic E-state index is -0.349. The Labute approximate surface area is 178 Å². The van der Waals surface area contributed by atoms with Gasteiger partial charge in [-0.1, -0.05) is 6.07 Å². The normalized spacial score (nSPS) is 33.7. The first-order valence-electron chi connectivity index (χ1n) is 10.7. The zero-order valence-corrected chi connectivity index (χ0v) is 17.1. The lowest BCUT2D eigenvalue weighted by Gasteiger charge is -2.32. The molecule has 5 atom stereocenters. The number of hydrogen-bond donors (Lipinski definition) is 1. The van der Waals surface area contributed by atoms with Crippen LogP contribution in [0.2, 0.25) is 0 Å². The number of likely N-dealkylation sites (tertiary alicyclic amines) is 1. The molecule has 4 aliphatic rings. The zero-order valence-electron chi connectivity index (χ0n) is 17.1. The van der Waals surface area contributed by atoms with Gasteiger partial charge in [0.15, 0.2) is 5.82 Å². The van der Waals surface area contributed by atoms with Gasteiger partial charge in [0.05, 0.1) is 11.1 Å². The molecule has 1 amide bonds. The van der Waals surface area contributed by atoms with E-state index in [1.54, 1.807) is 0 Å². The number of carbonyl (C=O) groups is 2. The summed E-state index contributed by atoms with van der Waals surface area (Å²) in [5.41, 5.74) is 1.60. The second-order valence-electron chi connectivity index (χ2n) is 8.96. The quantitative estimate of drug-likeness (QED) is 0.698. The Morgan fingerprint density at radius 2 is 2.23 bits per heavy atom. The number of pyridine rings is 1. The number of tetrazole rings is 1. The van der Waals surface area contributed by atoms with Crippen LogP contribution in [0.1, 0.15) is 31.7 Å². The number of ether oxygens (including phenoxy) is 1. The molecule has 1 saturated heterocycles. The van der Waals surface area contributed by atoms with E-state index >= 15 is 0 Å². The third-order valence-electron chi connectivity index (χ3n) is 7.51. The molecule has 2 unspecified atom stereocenters. The maximum absolute atomic E-state index is 13.3. The van der Waals surface area contributed by atoms with Crippen molar-refractivity contribution in [2.45, 2.75) is 44.8 Å². The molecule has 0 bridgehead atoms.